The van der Waals surface area contributed by atoms with Crippen LogP contribution in [0.3, 0.4) is 0 Å². The maximum Gasteiger partial charge on any atom is 0.412 e. The second kappa shape index (κ2) is 12.1. The summed E-state index contributed by atoms with van der Waals surface area (Å²) in [5.41, 5.74) is 2.32. The lowest BCUT2D eigenvalue weighted by atomic mass is 10.0. The van der Waals surface area contributed by atoms with Gasteiger partial charge in [0.15, 0.2) is 6.10 Å². The van der Waals surface area contributed by atoms with E-state index < -0.39 is 24.3 Å². The molecule has 7 nitrogen and oxygen atoms in total. The number of phenols is 1. The molecule has 30 heavy (non-hydrogen) atoms. The smallest absolute Gasteiger partial charge is 0.412 e. The Balaban J connectivity index is 2.16. The van der Waals surface area contributed by atoms with Crippen LogP contribution in [0, 0.1) is 6.92 Å². The number of amides is 1. The van der Waals surface area contributed by atoms with Crippen molar-refractivity contribution in [3.8, 4) is 5.75 Å². The van der Waals surface area contributed by atoms with Crippen molar-refractivity contribution < 1.29 is 28.9 Å². The third-order valence-corrected chi connectivity index (χ3v) is 4.52. The van der Waals surface area contributed by atoms with Gasteiger partial charge in [-0.15, -0.1) is 0 Å². The van der Waals surface area contributed by atoms with Crippen molar-refractivity contribution in [1.29, 1.82) is 0 Å². The summed E-state index contributed by atoms with van der Waals surface area (Å²) in [5, 5.41) is 12.3. The minimum Gasteiger partial charge on any atom is -0.508 e. The Hall–Kier alpha value is -2.71. The summed E-state index contributed by atoms with van der Waals surface area (Å²) in [6.07, 6.45) is -1.66. The molecule has 0 unspecified atom stereocenters. The third kappa shape index (κ3) is 7.61. The van der Waals surface area contributed by atoms with E-state index in [0.717, 1.165) is 5.56 Å². The Morgan fingerprint density at radius 1 is 1.10 bits per heavy atom. The van der Waals surface area contributed by atoms with Crippen LogP contribution in [0.25, 0.3) is 0 Å². The molecule has 0 aliphatic heterocycles. The van der Waals surface area contributed by atoms with Crippen molar-refractivity contribution in [3.63, 3.8) is 0 Å². The first-order valence-electron chi connectivity index (χ1n) is 9.64. The van der Waals surface area contributed by atoms with E-state index in [1.807, 2.05) is 26.0 Å². The molecule has 2 N–H and O–H groups in total. The quantitative estimate of drug-likeness (QED) is 0.383. The van der Waals surface area contributed by atoms with Gasteiger partial charge in [0, 0.05) is 18.7 Å². The molecule has 0 heterocycles. The number of benzene rings is 2. The highest BCUT2D eigenvalue weighted by molar-refractivity contribution is 7.81. The van der Waals surface area contributed by atoms with Gasteiger partial charge in [0.05, 0.1) is 12.4 Å². The Morgan fingerprint density at radius 2 is 1.77 bits per heavy atom. The number of thiol groups is 1. The van der Waals surface area contributed by atoms with Crippen LogP contribution in [0.2, 0.25) is 0 Å². The van der Waals surface area contributed by atoms with E-state index in [-0.39, 0.29) is 18.1 Å². The summed E-state index contributed by atoms with van der Waals surface area (Å²) in [7, 11) is 0. The molecule has 8 heteroatoms. The van der Waals surface area contributed by atoms with Gasteiger partial charge in [-0.1, -0.05) is 29.8 Å². The van der Waals surface area contributed by atoms with E-state index in [1.54, 1.807) is 24.3 Å². The molecule has 0 spiro atoms. The minimum absolute atomic E-state index is 0.0177. The SMILES string of the molecule is CCO[C@@H](CCOC(=O)CS)[C@@H](OC(=O)Nc1ccc(C)cc1)c1ccc(O)cc1. The fourth-order valence-corrected chi connectivity index (χ4v) is 2.88. The molecule has 2 aromatic carbocycles. The first kappa shape index (κ1) is 23.6. The van der Waals surface area contributed by atoms with E-state index in [0.29, 0.717) is 24.3 Å². The summed E-state index contributed by atoms with van der Waals surface area (Å²) in [6, 6.07) is 13.7. The van der Waals surface area contributed by atoms with Crippen LogP contribution in [0.5, 0.6) is 5.75 Å². The number of aromatic hydroxyl groups is 1. The first-order chi connectivity index (χ1) is 14.4. The van der Waals surface area contributed by atoms with Gasteiger partial charge in [-0.3, -0.25) is 10.1 Å². The standard InChI is InChI=1S/C22H27NO6S/c1-3-27-19(12-13-28-20(25)14-30)21(16-6-10-18(24)11-7-16)29-22(26)23-17-8-4-15(2)5-9-17/h4-11,19,21,24,30H,3,12-14H2,1-2H3,(H,23,26)/t19-,21-/m0/s1. The zero-order chi connectivity index (χ0) is 21.9. The number of anilines is 1. The molecule has 0 bridgehead atoms. The molecule has 2 atom stereocenters. The van der Waals surface area contributed by atoms with Crippen molar-refractivity contribution >= 4 is 30.4 Å². The summed E-state index contributed by atoms with van der Waals surface area (Å²) in [5.74, 6) is -0.360. The normalized spacial score (nSPS) is 12.6. The van der Waals surface area contributed by atoms with Crippen molar-refractivity contribution in [2.45, 2.75) is 32.5 Å². The molecule has 162 valence electrons. The molecule has 0 fully saturated rings. The number of aryl methyl sites for hydroxylation is 1. The van der Waals surface area contributed by atoms with Crippen molar-refractivity contribution in [1.82, 2.24) is 0 Å². The highest BCUT2D eigenvalue weighted by Crippen LogP contribution is 2.28. The van der Waals surface area contributed by atoms with E-state index in [1.165, 1.54) is 12.1 Å². The summed E-state index contributed by atoms with van der Waals surface area (Å²) in [6.45, 7) is 4.26. The van der Waals surface area contributed by atoms with Crippen LogP contribution < -0.4 is 5.32 Å². The van der Waals surface area contributed by atoms with Crippen molar-refractivity contribution in [2.75, 3.05) is 24.3 Å². The zero-order valence-corrected chi connectivity index (χ0v) is 17.9. The molecule has 0 saturated carbocycles. The Morgan fingerprint density at radius 3 is 2.37 bits per heavy atom. The van der Waals surface area contributed by atoms with Gasteiger partial charge < -0.3 is 19.3 Å². The van der Waals surface area contributed by atoms with Crippen LogP contribution in [0.15, 0.2) is 48.5 Å². The number of hydrogen-bond donors (Lipinski definition) is 3. The maximum absolute atomic E-state index is 12.6. The molecule has 0 saturated heterocycles. The van der Waals surface area contributed by atoms with Crippen molar-refractivity contribution in [2.24, 2.45) is 0 Å². The van der Waals surface area contributed by atoms with Crippen molar-refractivity contribution in [3.05, 3.63) is 59.7 Å². The largest absolute Gasteiger partial charge is 0.508 e. The summed E-state index contributed by atoms with van der Waals surface area (Å²) >= 11 is 3.88. The monoisotopic (exact) mass is 433 g/mol. The average Bonchev–Trinajstić information content (AvgIpc) is 2.74. The minimum atomic E-state index is -0.772. The van der Waals surface area contributed by atoms with Crippen LogP contribution in [0.4, 0.5) is 10.5 Å². The number of phenolic OH excluding ortho intramolecular Hbond substituents is 1. The number of ether oxygens (including phenoxy) is 3. The average molecular weight is 434 g/mol. The molecular formula is C22H27NO6S. The lowest BCUT2D eigenvalue weighted by molar-refractivity contribution is -0.142. The fraction of sp³-hybridized carbons (Fsp3) is 0.364. The lowest BCUT2D eigenvalue weighted by Gasteiger charge is -2.27. The van der Waals surface area contributed by atoms with E-state index in [4.69, 9.17) is 14.2 Å². The predicted octanol–water partition coefficient (Wildman–Crippen LogP) is 4.26. The number of carbonyl (C=O) groups excluding carboxylic acids is 2. The Labute approximate surface area is 181 Å². The molecule has 0 aliphatic rings. The van der Waals surface area contributed by atoms with E-state index >= 15 is 0 Å². The molecule has 0 aliphatic carbocycles. The highest BCUT2D eigenvalue weighted by atomic mass is 32.1. The highest BCUT2D eigenvalue weighted by Gasteiger charge is 2.28. The summed E-state index contributed by atoms with van der Waals surface area (Å²) in [4.78, 5) is 23.9. The van der Waals surface area contributed by atoms with Crippen LogP contribution >= 0.6 is 12.6 Å². The number of rotatable bonds is 10. The van der Waals surface area contributed by atoms with Gasteiger partial charge in [0.1, 0.15) is 11.9 Å². The van der Waals surface area contributed by atoms with Crippen LogP contribution in [-0.4, -0.2) is 42.2 Å². The van der Waals surface area contributed by atoms with Gasteiger partial charge in [-0.2, -0.15) is 12.6 Å². The molecule has 0 radical (unpaired) electrons. The Bertz CT molecular complexity index is 809. The van der Waals surface area contributed by atoms with Gasteiger partial charge >= 0.3 is 12.1 Å². The third-order valence-electron chi connectivity index (χ3n) is 4.27. The summed E-state index contributed by atoms with van der Waals surface area (Å²) < 4.78 is 16.6. The second-order valence-corrected chi connectivity index (χ2v) is 6.89. The van der Waals surface area contributed by atoms with Gasteiger partial charge in [0.25, 0.3) is 0 Å². The van der Waals surface area contributed by atoms with Crippen LogP contribution in [0.1, 0.15) is 30.6 Å². The number of hydrogen-bond acceptors (Lipinski definition) is 7. The van der Waals surface area contributed by atoms with Gasteiger partial charge in [0.2, 0.25) is 0 Å². The topological polar surface area (TPSA) is 94.1 Å². The van der Waals surface area contributed by atoms with Crippen LogP contribution in [-0.2, 0) is 19.0 Å². The number of carbonyl (C=O) groups is 2. The van der Waals surface area contributed by atoms with Gasteiger partial charge in [-0.05, 0) is 43.7 Å². The number of nitrogens with one attached hydrogen (secondary N) is 1. The molecule has 2 aromatic rings. The zero-order valence-electron chi connectivity index (χ0n) is 17.0. The molecule has 1 amide bonds. The van der Waals surface area contributed by atoms with E-state index in [9.17, 15) is 14.7 Å². The molecular weight excluding hydrogens is 406 g/mol. The molecule has 2 rings (SSSR count). The fourth-order valence-electron chi connectivity index (χ4n) is 2.79. The predicted molar refractivity (Wildman–Crippen MR) is 117 cm³/mol. The first-order valence-corrected chi connectivity index (χ1v) is 10.3. The number of esters is 1. The van der Waals surface area contributed by atoms with Gasteiger partial charge in [-0.25, -0.2) is 4.79 Å². The maximum atomic E-state index is 12.6. The molecule has 0 aromatic heterocycles. The lowest BCUT2D eigenvalue weighted by Crippen LogP contribution is -2.30. The van der Waals surface area contributed by atoms with E-state index in [2.05, 4.69) is 17.9 Å². The Kier molecular flexibility index (Phi) is 9.50. The second-order valence-electron chi connectivity index (χ2n) is 6.57.